The maximum Gasteiger partial charge on any atom is 0.120 e. The van der Waals surface area contributed by atoms with Crippen LogP contribution < -0.4 is 10.1 Å². The smallest absolute Gasteiger partial charge is 0.120 e. The largest absolute Gasteiger partial charge is 0.494 e. The molecule has 0 aliphatic rings. The van der Waals surface area contributed by atoms with Gasteiger partial charge in [-0.3, -0.25) is 0 Å². The van der Waals surface area contributed by atoms with Crippen molar-refractivity contribution < 1.29 is 4.74 Å². The highest BCUT2D eigenvalue weighted by atomic mass is 79.9. The lowest BCUT2D eigenvalue weighted by Crippen LogP contribution is -2.23. The maximum absolute atomic E-state index is 5.52. The average molecular weight is 356 g/mol. The Morgan fingerprint density at radius 2 is 1.90 bits per heavy atom. The molecule has 2 nitrogen and oxygen atoms in total. The quantitative estimate of drug-likeness (QED) is 0.582. The van der Waals surface area contributed by atoms with Crippen LogP contribution in [0.15, 0.2) is 22.7 Å². The molecule has 0 aliphatic heterocycles. The zero-order chi connectivity index (χ0) is 15.7. The van der Waals surface area contributed by atoms with Crippen LogP contribution in [0, 0.1) is 5.41 Å². The van der Waals surface area contributed by atoms with Gasteiger partial charge in [0.15, 0.2) is 0 Å². The second-order valence-corrected chi connectivity index (χ2v) is 7.20. The van der Waals surface area contributed by atoms with Crippen molar-refractivity contribution in [3.05, 3.63) is 28.2 Å². The monoisotopic (exact) mass is 355 g/mol. The second-order valence-electron chi connectivity index (χ2n) is 6.35. The van der Waals surface area contributed by atoms with Crippen molar-refractivity contribution >= 4 is 15.9 Å². The summed E-state index contributed by atoms with van der Waals surface area (Å²) in [6.45, 7) is 11.9. The van der Waals surface area contributed by atoms with Crippen molar-refractivity contribution in [3.8, 4) is 5.75 Å². The molecular formula is C18H30BrNO. The van der Waals surface area contributed by atoms with E-state index in [-0.39, 0.29) is 0 Å². The first-order chi connectivity index (χ1) is 9.98. The molecule has 0 heterocycles. The number of nitrogens with one attached hydrogen (secondary N) is 1. The van der Waals surface area contributed by atoms with E-state index in [0.29, 0.717) is 12.0 Å². The van der Waals surface area contributed by atoms with Crippen LogP contribution in [0.4, 0.5) is 0 Å². The van der Waals surface area contributed by atoms with E-state index < -0.39 is 0 Å². The molecule has 3 heteroatoms. The fourth-order valence-corrected chi connectivity index (χ4v) is 2.87. The van der Waals surface area contributed by atoms with Crippen LogP contribution in [-0.2, 0) is 6.42 Å². The maximum atomic E-state index is 5.52. The summed E-state index contributed by atoms with van der Waals surface area (Å²) in [4.78, 5) is 0. The van der Waals surface area contributed by atoms with Crippen molar-refractivity contribution in [2.45, 2.75) is 53.4 Å². The predicted molar refractivity (Wildman–Crippen MR) is 95.2 cm³/mol. The van der Waals surface area contributed by atoms with Crippen molar-refractivity contribution in [3.63, 3.8) is 0 Å². The Kier molecular flexibility index (Phi) is 8.35. The molecule has 21 heavy (non-hydrogen) atoms. The summed E-state index contributed by atoms with van der Waals surface area (Å²) in [5.41, 5.74) is 1.74. The van der Waals surface area contributed by atoms with E-state index in [0.717, 1.165) is 29.7 Å². The molecule has 1 rings (SSSR count). The van der Waals surface area contributed by atoms with E-state index in [4.69, 9.17) is 4.74 Å². The van der Waals surface area contributed by atoms with E-state index in [1.165, 1.54) is 24.8 Å². The fraction of sp³-hybridized carbons (Fsp3) is 0.667. The molecule has 0 spiro atoms. The first-order valence-corrected chi connectivity index (χ1v) is 8.89. The number of hydrogen-bond donors (Lipinski definition) is 1. The second kappa shape index (κ2) is 9.47. The minimum absolute atomic E-state index is 0.374. The molecule has 120 valence electrons. The van der Waals surface area contributed by atoms with Gasteiger partial charge in [-0.1, -0.05) is 42.8 Å². The molecule has 0 bridgehead atoms. The summed E-state index contributed by atoms with van der Waals surface area (Å²) in [6.07, 6.45) is 4.74. The Bertz CT molecular complexity index is 418. The van der Waals surface area contributed by atoms with Gasteiger partial charge in [0.1, 0.15) is 5.75 Å². The lowest BCUT2D eigenvalue weighted by atomic mass is 9.83. The number of halogens is 1. The first-order valence-electron chi connectivity index (χ1n) is 8.10. The molecule has 0 radical (unpaired) electrons. The van der Waals surface area contributed by atoms with Gasteiger partial charge < -0.3 is 10.1 Å². The summed E-state index contributed by atoms with van der Waals surface area (Å²) in [5, 5.41) is 3.50. The number of hydrogen-bond acceptors (Lipinski definition) is 2. The molecule has 0 saturated heterocycles. The molecule has 0 aromatic heterocycles. The lowest BCUT2D eigenvalue weighted by Gasteiger charge is -2.25. The Balaban J connectivity index is 2.46. The summed E-state index contributed by atoms with van der Waals surface area (Å²) in [5.74, 6) is 0.941. The average Bonchev–Trinajstić information content (AvgIpc) is 2.43. The zero-order valence-corrected chi connectivity index (χ0v) is 15.6. The van der Waals surface area contributed by atoms with Crippen LogP contribution in [0.1, 0.15) is 52.5 Å². The van der Waals surface area contributed by atoms with Crippen molar-refractivity contribution in [2.24, 2.45) is 5.41 Å². The van der Waals surface area contributed by atoms with E-state index in [1.807, 2.05) is 6.92 Å². The summed E-state index contributed by atoms with van der Waals surface area (Å²) in [6, 6.07) is 6.33. The zero-order valence-electron chi connectivity index (χ0n) is 14.0. The highest BCUT2D eigenvalue weighted by Gasteiger charge is 2.17. The number of aryl methyl sites for hydroxylation is 1. The molecule has 0 amide bonds. The Hall–Kier alpha value is -0.540. The molecular weight excluding hydrogens is 326 g/mol. The van der Waals surface area contributed by atoms with Crippen LogP contribution >= 0.6 is 15.9 Å². The Morgan fingerprint density at radius 1 is 1.14 bits per heavy atom. The van der Waals surface area contributed by atoms with Gasteiger partial charge in [-0.05, 0) is 68.8 Å². The summed E-state index contributed by atoms with van der Waals surface area (Å²) >= 11 is 3.67. The topological polar surface area (TPSA) is 21.3 Å². The van der Waals surface area contributed by atoms with Gasteiger partial charge in [0, 0.05) is 4.47 Å². The van der Waals surface area contributed by atoms with Crippen LogP contribution in [0.2, 0.25) is 0 Å². The van der Waals surface area contributed by atoms with Gasteiger partial charge in [-0.2, -0.15) is 0 Å². The van der Waals surface area contributed by atoms with Crippen molar-refractivity contribution in [1.29, 1.82) is 0 Å². The SMILES string of the molecule is CCCNCCC(C)(C)CCc1ccc(OCC)cc1Br. The van der Waals surface area contributed by atoms with Crippen LogP contribution in [0.25, 0.3) is 0 Å². The third-order valence-corrected chi connectivity index (χ3v) is 4.55. The van der Waals surface area contributed by atoms with Gasteiger partial charge >= 0.3 is 0 Å². The predicted octanol–water partition coefficient (Wildman–Crippen LogP) is 5.20. The number of ether oxygens (including phenoxy) is 1. The van der Waals surface area contributed by atoms with E-state index in [9.17, 15) is 0 Å². The third kappa shape index (κ3) is 7.32. The van der Waals surface area contributed by atoms with Crippen LogP contribution in [0.5, 0.6) is 5.75 Å². The molecule has 1 aromatic rings. The summed E-state index contributed by atoms with van der Waals surface area (Å²) < 4.78 is 6.69. The van der Waals surface area contributed by atoms with Crippen molar-refractivity contribution in [2.75, 3.05) is 19.7 Å². The van der Waals surface area contributed by atoms with Gasteiger partial charge in [0.05, 0.1) is 6.61 Å². The third-order valence-electron chi connectivity index (χ3n) is 3.81. The van der Waals surface area contributed by atoms with Crippen LogP contribution in [-0.4, -0.2) is 19.7 Å². The normalized spacial score (nSPS) is 11.7. The highest BCUT2D eigenvalue weighted by molar-refractivity contribution is 9.10. The Labute approximate surface area is 138 Å². The minimum Gasteiger partial charge on any atom is -0.494 e. The lowest BCUT2D eigenvalue weighted by molar-refractivity contribution is 0.302. The molecule has 0 atom stereocenters. The molecule has 0 fully saturated rings. The molecule has 0 saturated carbocycles. The first kappa shape index (κ1) is 18.5. The van der Waals surface area contributed by atoms with E-state index >= 15 is 0 Å². The number of rotatable bonds is 10. The summed E-state index contributed by atoms with van der Waals surface area (Å²) in [7, 11) is 0. The molecule has 0 unspecified atom stereocenters. The highest BCUT2D eigenvalue weighted by Crippen LogP contribution is 2.30. The molecule has 0 aliphatic carbocycles. The van der Waals surface area contributed by atoms with Gasteiger partial charge in [0.25, 0.3) is 0 Å². The van der Waals surface area contributed by atoms with Crippen LogP contribution in [0.3, 0.4) is 0 Å². The van der Waals surface area contributed by atoms with Crippen molar-refractivity contribution in [1.82, 2.24) is 5.32 Å². The van der Waals surface area contributed by atoms with E-state index in [2.05, 4.69) is 60.2 Å². The van der Waals surface area contributed by atoms with Gasteiger partial charge in [-0.15, -0.1) is 0 Å². The standard InChI is InChI=1S/C18H30BrNO/c1-5-12-20-13-11-18(3,4)10-9-15-7-8-16(21-6-2)14-17(15)19/h7-8,14,20H,5-6,9-13H2,1-4H3. The van der Waals surface area contributed by atoms with Gasteiger partial charge in [0.2, 0.25) is 0 Å². The molecule has 1 aromatic carbocycles. The fourth-order valence-electron chi connectivity index (χ4n) is 2.31. The number of benzene rings is 1. The van der Waals surface area contributed by atoms with E-state index in [1.54, 1.807) is 0 Å². The minimum atomic E-state index is 0.374. The Morgan fingerprint density at radius 3 is 2.52 bits per heavy atom. The van der Waals surface area contributed by atoms with Gasteiger partial charge in [-0.25, -0.2) is 0 Å². The molecule has 1 N–H and O–H groups in total.